The van der Waals surface area contributed by atoms with Gasteiger partial charge in [-0.1, -0.05) is 24.3 Å². The smallest absolute Gasteiger partial charge is 0.192 e. The Hall–Kier alpha value is -1.83. The van der Waals surface area contributed by atoms with E-state index < -0.39 is 0 Å². The second-order valence-corrected chi connectivity index (χ2v) is 3.40. The number of aromatic nitrogens is 1. The zero-order valence-electron chi connectivity index (χ0n) is 7.82. The molecule has 0 spiro atoms. The average molecular weight is 183 g/mol. The summed E-state index contributed by atoms with van der Waals surface area (Å²) in [6.07, 6.45) is 0. The van der Waals surface area contributed by atoms with Gasteiger partial charge in [0.2, 0.25) is 0 Å². The molecule has 3 aromatic rings. The van der Waals surface area contributed by atoms with Crippen molar-refractivity contribution in [3.63, 3.8) is 0 Å². The van der Waals surface area contributed by atoms with Crippen molar-refractivity contribution in [1.29, 1.82) is 0 Å². The van der Waals surface area contributed by atoms with E-state index in [0.29, 0.717) is 0 Å². The molecule has 0 bridgehead atoms. The SMILES string of the molecule is Cc1nc2cc3ccccc3cc2o1. The fraction of sp³-hybridized carbons (Fsp3) is 0.0833. The Balaban J connectivity index is 2.51. The van der Waals surface area contributed by atoms with Crippen LogP contribution >= 0.6 is 0 Å². The van der Waals surface area contributed by atoms with Gasteiger partial charge in [0.25, 0.3) is 0 Å². The van der Waals surface area contributed by atoms with Gasteiger partial charge in [-0.05, 0) is 22.9 Å². The van der Waals surface area contributed by atoms with Crippen LogP contribution in [0, 0.1) is 6.92 Å². The second-order valence-electron chi connectivity index (χ2n) is 3.40. The minimum Gasteiger partial charge on any atom is -0.441 e. The minimum atomic E-state index is 0.718. The molecule has 2 nitrogen and oxygen atoms in total. The van der Waals surface area contributed by atoms with Crippen molar-refractivity contribution >= 4 is 21.9 Å². The van der Waals surface area contributed by atoms with Gasteiger partial charge in [-0.15, -0.1) is 0 Å². The maximum atomic E-state index is 5.46. The van der Waals surface area contributed by atoms with Gasteiger partial charge < -0.3 is 4.42 Å². The Morgan fingerprint density at radius 2 is 1.79 bits per heavy atom. The summed E-state index contributed by atoms with van der Waals surface area (Å²) in [6, 6.07) is 12.3. The molecule has 0 aliphatic rings. The first-order chi connectivity index (χ1) is 6.83. The third-order valence-corrected chi connectivity index (χ3v) is 2.36. The van der Waals surface area contributed by atoms with Gasteiger partial charge in [-0.25, -0.2) is 4.98 Å². The quantitative estimate of drug-likeness (QED) is 0.534. The molecule has 3 rings (SSSR count). The van der Waals surface area contributed by atoms with E-state index in [9.17, 15) is 0 Å². The molecule has 0 N–H and O–H groups in total. The zero-order valence-corrected chi connectivity index (χ0v) is 7.82. The third-order valence-electron chi connectivity index (χ3n) is 2.36. The second kappa shape index (κ2) is 2.58. The van der Waals surface area contributed by atoms with E-state index in [1.165, 1.54) is 10.8 Å². The van der Waals surface area contributed by atoms with E-state index in [1.54, 1.807) is 0 Å². The van der Waals surface area contributed by atoms with Crippen LogP contribution in [0.1, 0.15) is 5.89 Å². The van der Waals surface area contributed by atoms with Crippen molar-refractivity contribution in [1.82, 2.24) is 4.98 Å². The van der Waals surface area contributed by atoms with Crippen molar-refractivity contribution in [3.05, 3.63) is 42.3 Å². The number of fused-ring (bicyclic) bond motifs is 2. The van der Waals surface area contributed by atoms with Gasteiger partial charge in [0.1, 0.15) is 5.52 Å². The van der Waals surface area contributed by atoms with Crippen molar-refractivity contribution in [2.24, 2.45) is 0 Å². The maximum Gasteiger partial charge on any atom is 0.192 e. The van der Waals surface area contributed by atoms with Gasteiger partial charge in [0.05, 0.1) is 0 Å². The lowest BCUT2D eigenvalue weighted by atomic mass is 10.1. The number of aryl methyl sites for hydroxylation is 1. The van der Waals surface area contributed by atoms with Crippen LogP contribution in [0.5, 0.6) is 0 Å². The molecule has 0 aliphatic heterocycles. The first kappa shape index (κ1) is 7.56. The van der Waals surface area contributed by atoms with E-state index in [1.807, 2.05) is 25.1 Å². The Morgan fingerprint density at radius 1 is 1.07 bits per heavy atom. The molecule has 0 aliphatic carbocycles. The Bertz CT molecular complexity index is 557. The molecule has 14 heavy (non-hydrogen) atoms. The van der Waals surface area contributed by atoms with Gasteiger partial charge in [-0.2, -0.15) is 0 Å². The third kappa shape index (κ3) is 1.01. The van der Waals surface area contributed by atoms with Crippen LogP contribution in [-0.2, 0) is 0 Å². The van der Waals surface area contributed by atoms with Gasteiger partial charge in [0.15, 0.2) is 11.5 Å². The molecule has 0 amide bonds. The summed E-state index contributed by atoms with van der Waals surface area (Å²) in [5.41, 5.74) is 1.79. The maximum absolute atomic E-state index is 5.46. The molecule has 0 fully saturated rings. The zero-order chi connectivity index (χ0) is 9.54. The average Bonchev–Trinajstić information content (AvgIpc) is 2.53. The summed E-state index contributed by atoms with van der Waals surface area (Å²) >= 11 is 0. The van der Waals surface area contributed by atoms with E-state index in [2.05, 4.69) is 23.2 Å². The minimum absolute atomic E-state index is 0.718. The predicted octanol–water partition coefficient (Wildman–Crippen LogP) is 3.29. The van der Waals surface area contributed by atoms with Crippen LogP contribution in [-0.4, -0.2) is 4.98 Å². The summed E-state index contributed by atoms with van der Waals surface area (Å²) in [5.74, 6) is 0.718. The topological polar surface area (TPSA) is 26.0 Å². The number of hydrogen-bond acceptors (Lipinski definition) is 2. The number of hydrogen-bond donors (Lipinski definition) is 0. The fourth-order valence-corrected chi connectivity index (χ4v) is 1.73. The van der Waals surface area contributed by atoms with Crippen molar-refractivity contribution in [3.8, 4) is 0 Å². The summed E-state index contributed by atoms with van der Waals surface area (Å²) in [7, 11) is 0. The van der Waals surface area contributed by atoms with Crippen LogP contribution < -0.4 is 0 Å². The Kier molecular flexibility index (Phi) is 1.39. The van der Waals surface area contributed by atoms with Gasteiger partial charge in [0, 0.05) is 6.92 Å². The molecule has 2 aromatic carbocycles. The van der Waals surface area contributed by atoms with E-state index in [-0.39, 0.29) is 0 Å². The van der Waals surface area contributed by atoms with E-state index >= 15 is 0 Å². The lowest BCUT2D eigenvalue weighted by Gasteiger charge is -1.94. The molecule has 0 radical (unpaired) electrons. The summed E-state index contributed by atoms with van der Waals surface area (Å²) in [6.45, 7) is 1.87. The molecule has 1 aromatic heterocycles. The highest BCUT2D eigenvalue weighted by molar-refractivity contribution is 5.94. The van der Waals surface area contributed by atoms with E-state index in [0.717, 1.165) is 17.0 Å². The van der Waals surface area contributed by atoms with E-state index in [4.69, 9.17) is 4.42 Å². The van der Waals surface area contributed by atoms with Crippen molar-refractivity contribution < 1.29 is 4.42 Å². The summed E-state index contributed by atoms with van der Waals surface area (Å²) in [4.78, 5) is 4.30. The first-order valence-electron chi connectivity index (χ1n) is 4.59. The van der Waals surface area contributed by atoms with Gasteiger partial charge in [-0.3, -0.25) is 0 Å². The largest absolute Gasteiger partial charge is 0.441 e. The normalized spacial score (nSPS) is 11.2. The molecule has 0 atom stereocenters. The number of oxazole rings is 1. The highest BCUT2D eigenvalue weighted by Gasteiger charge is 2.02. The summed E-state index contributed by atoms with van der Waals surface area (Å²) < 4.78 is 5.46. The van der Waals surface area contributed by atoms with Crippen molar-refractivity contribution in [2.45, 2.75) is 6.92 Å². The van der Waals surface area contributed by atoms with Crippen molar-refractivity contribution in [2.75, 3.05) is 0 Å². The Labute approximate surface area is 81.2 Å². The molecule has 1 heterocycles. The van der Waals surface area contributed by atoms with Gasteiger partial charge >= 0.3 is 0 Å². The number of benzene rings is 2. The van der Waals surface area contributed by atoms with Crippen LogP contribution in [0.3, 0.4) is 0 Å². The Morgan fingerprint density at radius 3 is 2.57 bits per heavy atom. The van der Waals surface area contributed by atoms with Crippen LogP contribution in [0.15, 0.2) is 40.8 Å². The highest BCUT2D eigenvalue weighted by atomic mass is 16.3. The fourth-order valence-electron chi connectivity index (χ4n) is 1.73. The standard InChI is InChI=1S/C12H9NO/c1-8-13-11-6-9-4-2-3-5-10(9)7-12(11)14-8/h2-7H,1H3. The van der Waals surface area contributed by atoms with Crippen LogP contribution in [0.4, 0.5) is 0 Å². The molecule has 68 valence electrons. The first-order valence-corrected chi connectivity index (χ1v) is 4.59. The number of nitrogens with zero attached hydrogens (tertiary/aromatic N) is 1. The monoisotopic (exact) mass is 183 g/mol. The lowest BCUT2D eigenvalue weighted by molar-refractivity contribution is 0.561. The molecular formula is C12H9NO. The lowest BCUT2D eigenvalue weighted by Crippen LogP contribution is -1.72. The molecule has 0 unspecified atom stereocenters. The predicted molar refractivity (Wildman–Crippen MR) is 56.3 cm³/mol. The molecular weight excluding hydrogens is 174 g/mol. The molecule has 0 saturated carbocycles. The highest BCUT2D eigenvalue weighted by Crippen LogP contribution is 2.22. The number of rotatable bonds is 0. The van der Waals surface area contributed by atoms with Crippen LogP contribution in [0.2, 0.25) is 0 Å². The summed E-state index contributed by atoms with van der Waals surface area (Å²) in [5, 5.41) is 2.39. The molecule has 0 saturated heterocycles. The van der Waals surface area contributed by atoms with Crippen LogP contribution in [0.25, 0.3) is 21.9 Å². The molecule has 2 heteroatoms.